The van der Waals surface area contributed by atoms with Gasteiger partial charge in [-0.25, -0.2) is 4.98 Å². The van der Waals surface area contributed by atoms with Gasteiger partial charge in [-0.15, -0.1) is 0 Å². The fraction of sp³-hybridized carbons (Fsp3) is 0.400. The van der Waals surface area contributed by atoms with E-state index >= 15 is 0 Å². The Morgan fingerprint density at radius 1 is 1.61 bits per heavy atom. The lowest BCUT2D eigenvalue weighted by Crippen LogP contribution is -2.37. The molecule has 8 heteroatoms. The maximum absolute atomic E-state index is 11.5. The zero-order chi connectivity index (χ0) is 13.7. The number of pyridine rings is 1. The first-order valence-corrected chi connectivity index (χ1v) is 5.68. The van der Waals surface area contributed by atoms with Gasteiger partial charge in [0.2, 0.25) is 5.91 Å². The van der Waals surface area contributed by atoms with Gasteiger partial charge < -0.3 is 10.6 Å². The lowest BCUT2D eigenvalue weighted by Gasteiger charge is -2.13. The van der Waals surface area contributed by atoms with Crippen LogP contribution in [0.15, 0.2) is 12.1 Å². The molecule has 0 aromatic carbocycles. The van der Waals surface area contributed by atoms with Crippen molar-refractivity contribution in [3.63, 3.8) is 0 Å². The molecule has 1 heterocycles. The predicted molar refractivity (Wildman–Crippen MR) is 67.7 cm³/mol. The van der Waals surface area contributed by atoms with Crippen LogP contribution >= 0.6 is 11.6 Å². The van der Waals surface area contributed by atoms with Crippen LogP contribution in [0.4, 0.5) is 11.5 Å². The van der Waals surface area contributed by atoms with E-state index in [0.717, 1.165) is 6.07 Å². The average Bonchev–Trinajstić information content (AvgIpc) is 2.28. The second kappa shape index (κ2) is 6.15. The van der Waals surface area contributed by atoms with Crippen molar-refractivity contribution >= 4 is 29.0 Å². The van der Waals surface area contributed by atoms with E-state index in [1.165, 1.54) is 6.07 Å². The first-order valence-electron chi connectivity index (χ1n) is 5.30. The molecule has 0 radical (unpaired) electrons. The second-order valence-electron chi connectivity index (χ2n) is 3.55. The maximum atomic E-state index is 11.5. The highest BCUT2D eigenvalue weighted by atomic mass is 35.5. The summed E-state index contributed by atoms with van der Waals surface area (Å²) in [6, 6.07) is 1.81. The molecule has 0 aliphatic rings. The first kappa shape index (κ1) is 14.2. The molecule has 1 atom stereocenters. The van der Waals surface area contributed by atoms with Crippen molar-refractivity contribution in [1.29, 1.82) is 0 Å². The Hall–Kier alpha value is -1.89. The molecule has 0 aliphatic carbocycles. The van der Waals surface area contributed by atoms with Crippen molar-refractivity contribution in [2.75, 3.05) is 11.9 Å². The molecule has 0 fully saturated rings. The summed E-state index contributed by atoms with van der Waals surface area (Å²) in [6.07, 6.45) is 0. The van der Waals surface area contributed by atoms with Crippen molar-refractivity contribution in [3.8, 4) is 0 Å². The number of hydrogen-bond donors (Lipinski definition) is 2. The van der Waals surface area contributed by atoms with Crippen LogP contribution in [0.25, 0.3) is 0 Å². The lowest BCUT2D eigenvalue weighted by atomic mass is 10.3. The molecular formula is C10H13ClN4O3. The Labute approximate surface area is 109 Å². The molecule has 0 saturated carbocycles. The molecule has 0 saturated heterocycles. The fourth-order valence-corrected chi connectivity index (χ4v) is 1.48. The molecule has 98 valence electrons. The van der Waals surface area contributed by atoms with Gasteiger partial charge in [0.15, 0.2) is 0 Å². The highest BCUT2D eigenvalue weighted by molar-refractivity contribution is 6.29. The van der Waals surface area contributed by atoms with Crippen LogP contribution in [-0.2, 0) is 4.79 Å². The minimum absolute atomic E-state index is 0.00482. The average molecular weight is 273 g/mol. The number of carbonyl (C=O) groups is 1. The number of amides is 1. The third-order valence-corrected chi connectivity index (χ3v) is 2.29. The highest BCUT2D eigenvalue weighted by Crippen LogP contribution is 2.20. The van der Waals surface area contributed by atoms with E-state index in [9.17, 15) is 14.9 Å². The fourth-order valence-electron chi connectivity index (χ4n) is 1.28. The molecule has 1 rings (SSSR count). The molecule has 0 aliphatic heterocycles. The summed E-state index contributed by atoms with van der Waals surface area (Å²) < 4.78 is 0. The summed E-state index contributed by atoms with van der Waals surface area (Å²) in [5.74, 6) is -0.0325. The number of rotatable bonds is 5. The number of aromatic nitrogens is 1. The molecule has 1 amide bonds. The number of anilines is 1. The summed E-state index contributed by atoms with van der Waals surface area (Å²) in [5, 5.41) is 16.0. The summed E-state index contributed by atoms with van der Waals surface area (Å²) in [7, 11) is 0. The first-order chi connectivity index (χ1) is 8.43. The van der Waals surface area contributed by atoms with Crippen LogP contribution in [0.1, 0.15) is 13.8 Å². The minimum Gasteiger partial charge on any atom is -0.358 e. The Morgan fingerprint density at radius 3 is 2.83 bits per heavy atom. The molecule has 1 aromatic rings. The van der Waals surface area contributed by atoms with E-state index in [0.29, 0.717) is 6.54 Å². The monoisotopic (exact) mass is 272 g/mol. The van der Waals surface area contributed by atoms with Crippen LogP contribution in [0, 0.1) is 10.1 Å². The van der Waals surface area contributed by atoms with E-state index in [4.69, 9.17) is 11.6 Å². The van der Waals surface area contributed by atoms with Crippen LogP contribution < -0.4 is 10.6 Å². The molecule has 1 unspecified atom stereocenters. The quantitative estimate of drug-likeness (QED) is 0.482. The summed E-state index contributed by atoms with van der Waals surface area (Å²) in [6.45, 7) is 3.93. The van der Waals surface area contributed by atoms with Gasteiger partial charge in [0.25, 0.3) is 5.69 Å². The van der Waals surface area contributed by atoms with E-state index in [1.807, 2.05) is 0 Å². The van der Waals surface area contributed by atoms with Crippen molar-refractivity contribution in [3.05, 3.63) is 27.4 Å². The molecule has 0 bridgehead atoms. The Morgan fingerprint density at radius 2 is 2.28 bits per heavy atom. The maximum Gasteiger partial charge on any atom is 0.276 e. The van der Waals surface area contributed by atoms with Crippen LogP contribution in [0.3, 0.4) is 0 Å². The van der Waals surface area contributed by atoms with Gasteiger partial charge in [0.05, 0.1) is 17.1 Å². The van der Waals surface area contributed by atoms with Crippen LogP contribution in [-0.4, -0.2) is 28.4 Å². The van der Waals surface area contributed by atoms with Gasteiger partial charge in [-0.3, -0.25) is 14.9 Å². The van der Waals surface area contributed by atoms with E-state index in [-0.39, 0.29) is 22.6 Å². The third-order valence-electron chi connectivity index (χ3n) is 2.10. The normalized spacial score (nSPS) is 11.7. The van der Waals surface area contributed by atoms with Crippen LogP contribution in [0.2, 0.25) is 5.15 Å². The van der Waals surface area contributed by atoms with Gasteiger partial charge in [-0.2, -0.15) is 0 Å². The van der Waals surface area contributed by atoms with E-state index < -0.39 is 11.0 Å². The van der Waals surface area contributed by atoms with Gasteiger partial charge in [0.1, 0.15) is 17.0 Å². The predicted octanol–water partition coefficient (Wildman–Crippen LogP) is 1.58. The van der Waals surface area contributed by atoms with Gasteiger partial charge in [-0.1, -0.05) is 11.6 Å². The summed E-state index contributed by atoms with van der Waals surface area (Å²) in [4.78, 5) is 25.4. The highest BCUT2D eigenvalue weighted by Gasteiger charge is 2.15. The standard InChI is InChI=1S/C10H13ClN4O3/c1-3-12-10(16)6(2)13-9-5-7(15(17)18)4-8(11)14-9/h4-6H,3H2,1-2H3,(H,12,16)(H,13,14). The summed E-state index contributed by atoms with van der Waals surface area (Å²) in [5.41, 5.74) is -0.180. The van der Waals surface area contributed by atoms with E-state index in [1.54, 1.807) is 13.8 Å². The molecule has 7 nitrogen and oxygen atoms in total. The smallest absolute Gasteiger partial charge is 0.276 e. The number of halogens is 1. The lowest BCUT2D eigenvalue weighted by molar-refractivity contribution is -0.384. The van der Waals surface area contributed by atoms with Crippen molar-refractivity contribution < 1.29 is 9.72 Å². The molecule has 0 spiro atoms. The third kappa shape index (κ3) is 3.85. The molecule has 2 N–H and O–H groups in total. The van der Waals surface area contributed by atoms with E-state index in [2.05, 4.69) is 15.6 Å². The van der Waals surface area contributed by atoms with Gasteiger partial charge in [0, 0.05) is 6.54 Å². The molecule has 1 aromatic heterocycles. The number of hydrogen-bond acceptors (Lipinski definition) is 5. The van der Waals surface area contributed by atoms with Crippen molar-refractivity contribution in [1.82, 2.24) is 10.3 Å². The van der Waals surface area contributed by atoms with Crippen LogP contribution in [0.5, 0.6) is 0 Å². The zero-order valence-electron chi connectivity index (χ0n) is 9.94. The number of nitrogens with zero attached hydrogens (tertiary/aromatic N) is 2. The number of nitro groups is 1. The SMILES string of the molecule is CCNC(=O)C(C)Nc1cc([N+](=O)[O-])cc(Cl)n1. The number of likely N-dealkylation sites (N-methyl/N-ethyl adjacent to an activating group) is 1. The van der Waals surface area contributed by atoms with Gasteiger partial charge in [-0.05, 0) is 13.8 Å². The van der Waals surface area contributed by atoms with Crippen molar-refractivity contribution in [2.24, 2.45) is 0 Å². The molecule has 18 heavy (non-hydrogen) atoms. The van der Waals surface area contributed by atoms with Gasteiger partial charge >= 0.3 is 0 Å². The summed E-state index contributed by atoms with van der Waals surface area (Å²) >= 11 is 5.66. The second-order valence-corrected chi connectivity index (χ2v) is 3.94. The zero-order valence-corrected chi connectivity index (χ0v) is 10.7. The largest absolute Gasteiger partial charge is 0.358 e. The molecular weight excluding hydrogens is 260 g/mol. The van der Waals surface area contributed by atoms with Crippen molar-refractivity contribution in [2.45, 2.75) is 19.9 Å². The number of nitrogens with one attached hydrogen (secondary N) is 2. The minimum atomic E-state index is -0.574. The Bertz CT molecular complexity index is 466. The topological polar surface area (TPSA) is 97.2 Å². The Balaban J connectivity index is 2.84. The Kier molecular flexibility index (Phi) is 4.85. The number of carbonyl (C=O) groups excluding carboxylic acids is 1.